The average molecular weight is 175 g/mol. The molecule has 2 aromatic rings. The smallest absolute Gasteiger partial charge is 0.141 e. The largest absolute Gasteiger partial charge is 0.301 e. The van der Waals surface area contributed by atoms with Crippen LogP contribution in [0.1, 0.15) is 5.56 Å². The van der Waals surface area contributed by atoms with Crippen molar-refractivity contribution >= 4 is 17.3 Å². The lowest BCUT2D eigenvalue weighted by molar-refractivity contribution is -0.108. The summed E-state index contributed by atoms with van der Waals surface area (Å²) in [5.74, 6) is 0. The maximum absolute atomic E-state index is 10.3. The van der Waals surface area contributed by atoms with Crippen molar-refractivity contribution in [3.05, 3.63) is 23.8 Å². The van der Waals surface area contributed by atoms with Gasteiger partial charge in [0.1, 0.15) is 11.8 Å². The molecule has 4 nitrogen and oxygen atoms in total. The van der Waals surface area contributed by atoms with Gasteiger partial charge in [-0.1, -0.05) is 17.3 Å². The van der Waals surface area contributed by atoms with Crippen molar-refractivity contribution in [2.45, 2.75) is 13.5 Å². The summed E-state index contributed by atoms with van der Waals surface area (Å²) in [5, 5.41) is 7.83. The molecule has 0 aliphatic rings. The summed E-state index contributed by atoms with van der Waals surface area (Å²) >= 11 is 0. The van der Waals surface area contributed by atoms with Gasteiger partial charge in [-0.3, -0.25) is 0 Å². The number of rotatable bonds is 2. The number of carbonyl (C=O) groups excluding carboxylic acids is 1. The first kappa shape index (κ1) is 7.91. The van der Waals surface area contributed by atoms with Crippen LogP contribution in [-0.4, -0.2) is 21.3 Å². The number of aryl methyl sites for hydroxylation is 1. The number of aldehydes is 1. The summed E-state index contributed by atoms with van der Waals surface area (Å²) < 4.78 is 1.61. The van der Waals surface area contributed by atoms with Crippen LogP contribution in [0.25, 0.3) is 11.0 Å². The van der Waals surface area contributed by atoms with Gasteiger partial charge in [0.25, 0.3) is 0 Å². The summed E-state index contributed by atoms with van der Waals surface area (Å²) in [6, 6.07) is 5.79. The van der Waals surface area contributed by atoms with E-state index in [1.165, 1.54) is 0 Å². The molecule has 0 N–H and O–H groups in total. The standard InChI is InChI=1S/C9H9N3O/c1-7-3-2-4-8-9(7)12(5-6-13)11-10-8/h2-4,6H,5H2,1H3. The molecule has 0 fully saturated rings. The molecule has 13 heavy (non-hydrogen) atoms. The van der Waals surface area contributed by atoms with Crippen LogP contribution >= 0.6 is 0 Å². The molecule has 0 saturated carbocycles. The van der Waals surface area contributed by atoms with E-state index in [9.17, 15) is 4.79 Å². The lowest BCUT2D eigenvalue weighted by Crippen LogP contribution is -2.01. The Labute approximate surface area is 75.2 Å². The van der Waals surface area contributed by atoms with Crippen molar-refractivity contribution in [2.24, 2.45) is 0 Å². The Morgan fingerprint density at radius 3 is 3.15 bits per heavy atom. The van der Waals surface area contributed by atoms with E-state index in [0.717, 1.165) is 22.9 Å². The molecule has 0 amide bonds. The predicted octanol–water partition coefficient (Wildman–Crippen LogP) is 0.939. The van der Waals surface area contributed by atoms with Gasteiger partial charge in [-0.2, -0.15) is 0 Å². The molecule has 0 bridgehead atoms. The second-order valence-electron chi connectivity index (χ2n) is 2.88. The Bertz CT molecular complexity index is 447. The Morgan fingerprint density at radius 1 is 1.54 bits per heavy atom. The molecule has 0 atom stereocenters. The fourth-order valence-corrected chi connectivity index (χ4v) is 1.41. The van der Waals surface area contributed by atoms with E-state index in [4.69, 9.17) is 0 Å². The number of benzene rings is 1. The Kier molecular flexibility index (Phi) is 1.81. The highest BCUT2D eigenvalue weighted by Crippen LogP contribution is 2.14. The van der Waals surface area contributed by atoms with Crippen molar-refractivity contribution in [3.8, 4) is 0 Å². The first-order valence-electron chi connectivity index (χ1n) is 4.05. The molecule has 0 spiro atoms. The Balaban J connectivity index is 2.70. The third-order valence-electron chi connectivity index (χ3n) is 1.98. The van der Waals surface area contributed by atoms with Gasteiger partial charge >= 0.3 is 0 Å². The topological polar surface area (TPSA) is 47.8 Å². The second-order valence-corrected chi connectivity index (χ2v) is 2.88. The lowest BCUT2D eigenvalue weighted by atomic mass is 10.2. The number of aromatic nitrogens is 3. The molecule has 1 heterocycles. The normalized spacial score (nSPS) is 10.5. The third kappa shape index (κ3) is 1.20. The number of hydrogen-bond acceptors (Lipinski definition) is 3. The van der Waals surface area contributed by atoms with Crippen LogP contribution in [0.2, 0.25) is 0 Å². The zero-order valence-electron chi connectivity index (χ0n) is 7.27. The zero-order chi connectivity index (χ0) is 9.26. The number of para-hydroxylation sites is 1. The van der Waals surface area contributed by atoms with E-state index < -0.39 is 0 Å². The average Bonchev–Trinajstić information content (AvgIpc) is 2.51. The molecule has 0 aliphatic carbocycles. The molecule has 1 aromatic carbocycles. The minimum absolute atomic E-state index is 0.265. The van der Waals surface area contributed by atoms with Crippen LogP contribution in [0.5, 0.6) is 0 Å². The molecule has 4 heteroatoms. The maximum atomic E-state index is 10.3. The molecule has 2 rings (SSSR count). The monoisotopic (exact) mass is 175 g/mol. The summed E-state index contributed by atoms with van der Waals surface area (Å²) in [6.07, 6.45) is 0.820. The van der Waals surface area contributed by atoms with Crippen LogP contribution in [-0.2, 0) is 11.3 Å². The molecular weight excluding hydrogens is 166 g/mol. The van der Waals surface area contributed by atoms with Crippen molar-refractivity contribution in [1.29, 1.82) is 0 Å². The van der Waals surface area contributed by atoms with E-state index >= 15 is 0 Å². The van der Waals surface area contributed by atoms with Crippen molar-refractivity contribution < 1.29 is 4.79 Å². The molecule has 1 aromatic heterocycles. The van der Waals surface area contributed by atoms with Crippen LogP contribution in [0.15, 0.2) is 18.2 Å². The Hall–Kier alpha value is -1.71. The molecule has 0 saturated heterocycles. The van der Waals surface area contributed by atoms with Gasteiger partial charge in [0.05, 0.1) is 12.1 Å². The van der Waals surface area contributed by atoms with Gasteiger partial charge in [-0.25, -0.2) is 4.68 Å². The van der Waals surface area contributed by atoms with E-state index in [2.05, 4.69) is 10.3 Å². The van der Waals surface area contributed by atoms with Crippen LogP contribution in [0.3, 0.4) is 0 Å². The quantitative estimate of drug-likeness (QED) is 0.638. The molecule has 66 valence electrons. The van der Waals surface area contributed by atoms with E-state index in [0.29, 0.717) is 0 Å². The van der Waals surface area contributed by atoms with Gasteiger partial charge in [0.15, 0.2) is 0 Å². The number of fused-ring (bicyclic) bond motifs is 1. The van der Waals surface area contributed by atoms with E-state index in [1.807, 2.05) is 25.1 Å². The first-order chi connectivity index (χ1) is 6.33. The summed E-state index contributed by atoms with van der Waals surface area (Å²) in [7, 11) is 0. The van der Waals surface area contributed by atoms with E-state index in [-0.39, 0.29) is 6.54 Å². The fraction of sp³-hybridized carbons (Fsp3) is 0.222. The summed E-state index contributed by atoms with van der Waals surface area (Å²) in [5.41, 5.74) is 2.86. The maximum Gasteiger partial charge on any atom is 0.141 e. The van der Waals surface area contributed by atoms with Crippen molar-refractivity contribution in [3.63, 3.8) is 0 Å². The molecular formula is C9H9N3O. The first-order valence-corrected chi connectivity index (χ1v) is 4.05. The number of carbonyl (C=O) groups is 1. The van der Waals surface area contributed by atoms with Gasteiger partial charge in [0, 0.05) is 0 Å². The van der Waals surface area contributed by atoms with Gasteiger partial charge in [-0.15, -0.1) is 5.10 Å². The van der Waals surface area contributed by atoms with Gasteiger partial charge in [-0.05, 0) is 18.6 Å². The Morgan fingerprint density at radius 2 is 2.38 bits per heavy atom. The summed E-state index contributed by atoms with van der Waals surface area (Å²) in [4.78, 5) is 10.3. The number of hydrogen-bond donors (Lipinski definition) is 0. The van der Waals surface area contributed by atoms with Crippen LogP contribution < -0.4 is 0 Å². The summed E-state index contributed by atoms with van der Waals surface area (Å²) in [6.45, 7) is 2.24. The predicted molar refractivity (Wildman–Crippen MR) is 48.3 cm³/mol. The highest BCUT2D eigenvalue weighted by molar-refractivity contribution is 5.78. The molecule has 0 radical (unpaired) electrons. The third-order valence-corrected chi connectivity index (χ3v) is 1.98. The van der Waals surface area contributed by atoms with Crippen molar-refractivity contribution in [1.82, 2.24) is 15.0 Å². The van der Waals surface area contributed by atoms with Crippen molar-refractivity contribution in [2.75, 3.05) is 0 Å². The van der Waals surface area contributed by atoms with Crippen LogP contribution in [0.4, 0.5) is 0 Å². The lowest BCUT2D eigenvalue weighted by Gasteiger charge is -1.98. The van der Waals surface area contributed by atoms with E-state index in [1.54, 1.807) is 4.68 Å². The number of nitrogens with zero attached hydrogens (tertiary/aromatic N) is 3. The van der Waals surface area contributed by atoms with Gasteiger partial charge in [0.2, 0.25) is 0 Å². The SMILES string of the molecule is Cc1cccc2nnn(CC=O)c12. The zero-order valence-corrected chi connectivity index (χ0v) is 7.27. The minimum atomic E-state index is 0.265. The second kappa shape index (κ2) is 2.97. The molecule has 0 aliphatic heterocycles. The van der Waals surface area contributed by atoms with Crippen LogP contribution in [0, 0.1) is 6.92 Å². The minimum Gasteiger partial charge on any atom is -0.301 e. The van der Waals surface area contributed by atoms with Gasteiger partial charge < -0.3 is 4.79 Å². The highest BCUT2D eigenvalue weighted by Gasteiger charge is 2.04. The fourth-order valence-electron chi connectivity index (χ4n) is 1.41. The molecule has 0 unspecified atom stereocenters. The highest BCUT2D eigenvalue weighted by atomic mass is 16.1.